The molecule has 4 heterocycles. The summed E-state index contributed by atoms with van der Waals surface area (Å²) in [5, 5.41) is 3.33. The van der Waals surface area contributed by atoms with Gasteiger partial charge in [-0.3, -0.25) is 9.69 Å². The molecule has 212 valence electrons. The van der Waals surface area contributed by atoms with Crippen molar-refractivity contribution in [3.05, 3.63) is 66.5 Å². The summed E-state index contributed by atoms with van der Waals surface area (Å²) in [6.45, 7) is 7.34. The van der Waals surface area contributed by atoms with E-state index < -0.39 is 5.60 Å². The molecule has 0 spiro atoms. The largest absolute Gasteiger partial charge is 0.444 e. The SMILES string of the molecule is CC(C)(C)OC(=O)N1CC(C(=O)N[C@@H](CCN2C3CCC2CC(n2cnc4ccccc42)C3)c2ccccc2)C1. The minimum absolute atomic E-state index is 0.0160. The fourth-order valence-corrected chi connectivity index (χ4v) is 6.80. The van der Waals surface area contributed by atoms with Crippen LogP contribution in [0.25, 0.3) is 11.0 Å². The number of imidazole rings is 1. The van der Waals surface area contributed by atoms with Crippen molar-refractivity contribution >= 4 is 23.0 Å². The lowest BCUT2D eigenvalue weighted by atomic mass is 9.94. The molecule has 0 radical (unpaired) electrons. The first-order chi connectivity index (χ1) is 19.2. The van der Waals surface area contributed by atoms with Crippen molar-refractivity contribution in [1.82, 2.24) is 24.7 Å². The van der Waals surface area contributed by atoms with Crippen LogP contribution in [0, 0.1) is 5.92 Å². The lowest BCUT2D eigenvalue weighted by Crippen LogP contribution is -2.57. The summed E-state index contributed by atoms with van der Waals surface area (Å²) in [7, 11) is 0. The van der Waals surface area contributed by atoms with Crippen molar-refractivity contribution in [3.63, 3.8) is 0 Å². The smallest absolute Gasteiger partial charge is 0.410 e. The third-order valence-corrected chi connectivity index (χ3v) is 8.83. The molecule has 8 nitrogen and oxygen atoms in total. The number of likely N-dealkylation sites (tertiary alicyclic amines) is 1. The summed E-state index contributed by atoms with van der Waals surface area (Å²) in [6, 6.07) is 20.3. The van der Waals surface area contributed by atoms with Gasteiger partial charge in [0.2, 0.25) is 5.91 Å². The van der Waals surface area contributed by atoms with E-state index in [0.29, 0.717) is 31.2 Å². The lowest BCUT2D eigenvalue weighted by molar-refractivity contribution is -0.130. The fourth-order valence-electron chi connectivity index (χ4n) is 6.80. The Kier molecular flexibility index (Phi) is 7.29. The Morgan fingerprint density at radius 2 is 1.65 bits per heavy atom. The monoisotopic (exact) mass is 543 g/mol. The molecule has 3 aliphatic heterocycles. The minimum Gasteiger partial charge on any atom is -0.444 e. The van der Waals surface area contributed by atoms with Gasteiger partial charge in [-0.1, -0.05) is 42.5 Å². The van der Waals surface area contributed by atoms with Gasteiger partial charge < -0.3 is 19.5 Å². The van der Waals surface area contributed by atoms with Gasteiger partial charge in [-0.15, -0.1) is 0 Å². The highest BCUT2D eigenvalue weighted by Crippen LogP contribution is 2.42. The highest BCUT2D eigenvalue weighted by atomic mass is 16.6. The van der Waals surface area contributed by atoms with E-state index in [1.54, 1.807) is 4.90 Å². The Hall–Kier alpha value is -3.39. The van der Waals surface area contributed by atoms with E-state index >= 15 is 0 Å². The van der Waals surface area contributed by atoms with Gasteiger partial charge in [-0.25, -0.2) is 9.78 Å². The third kappa shape index (κ3) is 5.59. The minimum atomic E-state index is -0.538. The van der Waals surface area contributed by atoms with Crippen molar-refractivity contribution in [2.75, 3.05) is 19.6 Å². The maximum absolute atomic E-state index is 13.2. The molecule has 0 aliphatic carbocycles. The standard InChI is InChI=1S/C32H41N5O3/c1-32(2,3)40-31(39)35-19-23(20-35)30(38)34-27(22-9-5-4-6-10-22)15-16-36-24-13-14-25(36)18-26(17-24)37-21-33-28-11-7-8-12-29(28)37/h4-12,21,23-27H,13-20H2,1-3H3,(H,34,38)/t24?,25?,26?,27-/m0/s1. The van der Waals surface area contributed by atoms with Crippen molar-refractivity contribution in [3.8, 4) is 0 Å². The molecule has 40 heavy (non-hydrogen) atoms. The quantitative estimate of drug-likeness (QED) is 0.436. The number of para-hydroxylation sites is 2. The predicted molar refractivity (Wildman–Crippen MR) is 155 cm³/mol. The predicted octanol–water partition coefficient (Wildman–Crippen LogP) is 5.32. The first-order valence-corrected chi connectivity index (χ1v) is 14.8. The van der Waals surface area contributed by atoms with Gasteiger partial charge >= 0.3 is 6.09 Å². The topological polar surface area (TPSA) is 79.7 Å². The molecule has 8 heteroatoms. The van der Waals surface area contributed by atoms with E-state index in [1.165, 1.54) is 18.4 Å². The van der Waals surface area contributed by atoms with Gasteiger partial charge in [0.25, 0.3) is 0 Å². The number of nitrogens with one attached hydrogen (secondary N) is 1. The number of aromatic nitrogens is 2. The summed E-state index contributed by atoms with van der Waals surface area (Å²) in [6.07, 6.45) is 7.29. The van der Waals surface area contributed by atoms with Crippen LogP contribution in [0.4, 0.5) is 4.79 Å². The van der Waals surface area contributed by atoms with E-state index in [1.807, 2.05) is 45.3 Å². The van der Waals surface area contributed by atoms with Crippen LogP contribution in [0.3, 0.4) is 0 Å². The number of benzene rings is 2. The zero-order chi connectivity index (χ0) is 27.9. The molecular weight excluding hydrogens is 502 g/mol. The second kappa shape index (κ2) is 10.9. The van der Waals surface area contributed by atoms with Gasteiger partial charge in [0.15, 0.2) is 0 Å². The Balaban J connectivity index is 1.07. The van der Waals surface area contributed by atoms with Gasteiger partial charge in [0.05, 0.1) is 29.3 Å². The normalized spacial score (nSPS) is 24.1. The van der Waals surface area contributed by atoms with Gasteiger partial charge in [-0.2, -0.15) is 0 Å². The molecule has 2 aromatic carbocycles. The summed E-state index contributed by atoms with van der Waals surface area (Å²) in [5.74, 6) is -0.182. The van der Waals surface area contributed by atoms with Crippen molar-refractivity contribution in [1.29, 1.82) is 0 Å². The molecule has 1 N–H and O–H groups in total. The first kappa shape index (κ1) is 26.8. The number of hydrogen-bond acceptors (Lipinski definition) is 5. The van der Waals surface area contributed by atoms with Crippen LogP contribution in [-0.2, 0) is 9.53 Å². The third-order valence-electron chi connectivity index (χ3n) is 8.83. The van der Waals surface area contributed by atoms with Crippen LogP contribution in [0.15, 0.2) is 60.9 Å². The number of fused-ring (bicyclic) bond motifs is 3. The molecule has 1 aromatic heterocycles. The highest BCUT2D eigenvalue weighted by molar-refractivity contribution is 5.83. The Labute approximate surface area is 236 Å². The van der Waals surface area contributed by atoms with Crippen molar-refractivity contribution in [2.45, 2.75) is 82.6 Å². The molecule has 0 saturated carbocycles. The number of ether oxygens (including phenoxy) is 1. The molecule has 3 aromatic rings. The molecule has 3 saturated heterocycles. The second-order valence-corrected chi connectivity index (χ2v) is 12.7. The molecule has 3 fully saturated rings. The molecular formula is C32H41N5O3. The van der Waals surface area contributed by atoms with E-state index in [2.05, 4.69) is 56.2 Å². The molecule has 3 aliphatic rings. The Bertz CT molecular complexity index is 1330. The summed E-state index contributed by atoms with van der Waals surface area (Å²) in [5.41, 5.74) is 2.89. The molecule has 2 amide bonds. The lowest BCUT2D eigenvalue weighted by Gasteiger charge is -2.41. The van der Waals surface area contributed by atoms with Gasteiger partial charge in [0.1, 0.15) is 5.60 Å². The molecule has 2 unspecified atom stereocenters. The Morgan fingerprint density at radius 1 is 0.975 bits per heavy atom. The number of carbonyl (C=O) groups excluding carboxylic acids is 2. The number of piperidine rings is 1. The van der Waals surface area contributed by atoms with Crippen molar-refractivity contribution in [2.24, 2.45) is 5.92 Å². The number of amides is 2. The van der Waals surface area contributed by atoms with E-state index in [0.717, 1.165) is 36.9 Å². The molecule has 2 bridgehead atoms. The summed E-state index contributed by atoms with van der Waals surface area (Å²) in [4.78, 5) is 34.5. The number of carbonyl (C=O) groups is 2. The zero-order valence-corrected chi connectivity index (χ0v) is 23.8. The maximum atomic E-state index is 13.2. The van der Waals surface area contributed by atoms with Crippen LogP contribution >= 0.6 is 0 Å². The average molecular weight is 544 g/mol. The number of rotatable bonds is 7. The molecule has 6 rings (SSSR count). The van der Waals surface area contributed by atoms with Crippen LogP contribution < -0.4 is 5.32 Å². The number of nitrogens with zero attached hydrogens (tertiary/aromatic N) is 4. The highest BCUT2D eigenvalue weighted by Gasteiger charge is 2.42. The zero-order valence-electron chi connectivity index (χ0n) is 23.8. The molecule has 3 atom stereocenters. The Morgan fingerprint density at radius 3 is 2.35 bits per heavy atom. The van der Waals surface area contributed by atoms with E-state index in [-0.39, 0.29) is 24.0 Å². The summed E-state index contributed by atoms with van der Waals surface area (Å²) < 4.78 is 7.84. The average Bonchev–Trinajstić information content (AvgIpc) is 3.42. The van der Waals surface area contributed by atoms with Gasteiger partial charge in [0, 0.05) is 37.8 Å². The first-order valence-electron chi connectivity index (χ1n) is 14.8. The number of hydrogen-bond donors (Lipinski definition) is 1. The second-order valence-electron chi connectivity index (χ2n) is 12.7. The summed E-state index contributed by atoms with van der Waals surface area (Å²) >= 11 is 0. The van der Waals surface area contributed by atoms with Crippen LogP contribution in [0.1, 0.15) is 70.5 Å². The van der Waals surface area contributed by atoms with Crippen LogP contribution in [0.2, 0.25) is 0 Å². The van der Waals surface area contributed by atoms with Gasteiger partial charge in [-0.05, 0) is 70.6 Å². The van der Waals surface area contributed by atoms with E-state index in [4.69, 9.17) is 4.74 Å². The fraction of sp³-hybridized carbons (Fsp3) is 0.531. The van der Waals surface area contributed by atoms with E-state index in [9.17, 15) is 9.59 Å². The maximum Gasteiger partial charge on any atom is 0.410 e. The van der Waals surface area contributed by atoms with Crippen LogP contribution in [0.5, 0.6) is 0 Å². The van der Waals surface area contributed by atoms with Crippen molar-refractivity contribution < 1.29 is 14.3 Å². The van der Waals surface area contributed by atoms with Crippen LogP contribution in [-0.4, -0.2) is 68.7 Å².